The van der Waals surface area contributed by atoms with Crippen LogP contribution in [0.1, 0.15) is 22.1 Å². The third-order valence-electron chi connectivity index (χ3n) is 2.47. The number of hydrogen-bond donors (Lipinski definition) is 1. The highest BCUT2D eigenvalue weighted by Crippen LogP contribution is 2.35. The maximum atomic E-state index is 13.6. The lowest BCUT2D eigenvalue weighted by Crippen LogP contribution is -2.02. The molecule has 0 aliphatic carbocycles. The molecule has 1 heterocycles. The van der Waals surface area contributed by atoms with Crippen LogP contribution < -0.4 is 0 Å². The molecule has 1 nitrogen and oxygen atoms in total. The molecule has 1 unspecified atom stereocenters. The summed E-state index contributed by atoms with van der Waals surface area (Å²) in [5, 5.41) is 10.6. The van der Waals surface area contributed by atoms with Crippen molar-refractivity contribution in [2.75, 3.05) is 0 Å². The van der Waals surface area contributed by atoms with Gasteiger partial charge < -0.3 is 5.11 Å². The van der Waals surface area contributed by atoms with Crippen LogP contribution in [0.25, 0.3) is 0 Å². The molecule has 1 N–H and O–H groups in total. The van der Waals surface area contributed by atoms with Crippen LogP contribution >= 0.6 is 38.9 Å². The quantitative estimate of drug-likeness (QED) is 0.844. The van der Waals surface area contributed by atoms with Gasteiger partial charge in [-0.3, -0.25) is 0 Å². The second-order valence-electron chi connectivity index (χ2n) is 3.63. The largest absolute Gasteiger partial charge is 0.384 e. The highest BCUT2D eigenvalue weighted by atomic mass is 79.9. The van der Waals surface area contributed by atoms with Crippen LogP contribution in [0.15, 0.2) is 28.1 Å². The summed E-state index contributed by atoms with van der Waals surface area (Å²) in [4.78, 5) is 0.948. The van der Waals surface area contributed by atoms with Crippen LogP contribution in [0.4, 0.5) is 4.39 Å². The van der Waals surface area contributed by atoms with Gasteiger partial charge in [-0.05, 0) is 52.7 Å². The van der Waals surface area contributed by atoms with E-state index in [1.807, 2.05) is 6.92 Å². The summed E-state index contributed by atoms with van der Waals surface area (Å²) in [5.41, 5.74) is 0.897. The zero-order chi connectivity index (χ0) is 12.6. The summed E-state index contributed by atoms with van der Waals surface area (Å²) in [6.07, 6.45) is -0.990. The summed E-state index contributed by atoms with van der Waals surface area (Å²) in [6.45, 7) is 1.89. The van der Waals surface area contributed by atoms with Gasteiger partial charge >= 0.3 is 0 Å². The predicted octanol–water partition coefficient (Wildman–Crippen LogP) is 4.69. The van der Waals surface area contributed by atoms with E-state index < -0.39 is 11.9 Å². The van der Waals surface area contributed by atoms with Crippen molar-refractivity contribution in [1.29, 1.82) is 0 Å². The first-order valence-corrected chi connectivity index (χ1v) is 6.86. The van der Waals surface area contributed by atoms with E-state index in [1.54, 1.807) is 6.07 Å². The Morgan fingerprint density at radius 2 is 2.06 bits per heavy atom. The molecule has 0 spiro atoms. The van der Waals surface area contributed by atoms with Crippen LogP contribution in [-0.2, 0) is 0 Å². The lowest BCUT2D eigenvalue weighted by atomic mass is 10.0. The fourth-order valence-corrected chi connectivity index (χ4v) is 3.54. The second kappa shape index (κ2) is 5.06. The van der Waals surface area contributed by atoms with Gasteiger partial charge in [0.05, 0.1) is 3.79 Å². The van der Waals surface area contributed by atoms with E-state index in [-0.39, 0.29) is 5.56 Å². The number of rotatable bonds is 2. The Morgan fingerprint density at radius 3 is 2.65 bits per heavy atom. The molecule has 1 aromatic carbocycles. The monoisotopic (exact) mass is 334 g/mol. The maximum Gasteiger partial charge on any atom is 0.129 e. The third-order valence-corrected chi connectivity index (χ3v) is 4.28. The van der Waals surface area contributed by atoms with Gasteiger partial charge in [0.1, 0.15) is 11.9 Å². The Balaban J connectivity index is 2.46. The smallest absolute Gasteiger partial charge is 0.129 e. The number of thiophene rings is 1. The maximum absolute atomic E-state index is 13.6. The van der Waals surface area contributed by atoms with Crippen molar-refractivity contribution in [3.05, 3.63) is 54.9 Å². The summed E-state index contributed by atoms with van der Waals surface area (Å²) >= 11 is 10.7. The molecule has 1 atom stereocenters. The lowest BCUT2D eigenvalue weighted by molar-refractivity contribution is 0.215. The zero-order valence-electron chi connectivity index (χ0n) is 8.88. The van der Waals surface area contributed by atoms with Crippen molar-refractivity contribution in [3.63, 3.8) is 0 Å². The number of hydrogen-bond acceptors (Lipinski definition) is 2. The molecule has 0 bridgehead atoms. The van der Waals surface area contributed by atoms with Gasteiger partial charge in [-0.25, -0.2) is 4.39 Å². The average molecular weight is 336 g/mol. The minimum absolute atomic E-state index is 0.200. The molecule has 0 saturated heterocycles. The van der Waals surface area contributed by atoms with Gasteiger partial charge in [-0.15, -0.1) is 11.3 Å². The molecular weight excluding hydrogens is 327 g/mol. The Bertz CT molecular complexity index is 555. The zero-order valence-corrected chi connectivity index (χ0v) is 12.0. The summed E-state index contributed by atoms with van der Waals surface area (Å²) in [7, 11) is 0. The highest BCUT2D eigenvalue weighted by molar-refractivity contribution is 9.11. The standard InChI is InChI=1S/C12H9BrClFOS/c1-6-8(5-11(13)17-6)12(16)9-4-7(14)2-3-10(9)15/h2-5,12,16H,1H3. The van der Waals surface area contributed by atoms with E-state index in [0.29, 0.717) is 10.6 Å². The number of aryl methyl sites for hydroxylation is 1. The molecular formula is C12H9BrClFOS. The van der Waals surface area contributed by atoms with Crippen LogP contribution in [0.5, 0.6) is 0 Å². The molecule has 0 fully saturated rings. The van der Waals surface area contributed by atoms with Gasteiger partial charge in [0, 0.05) is 15.5 Å². The van der Waals surface area contributed by atoms with Gasteiger partial charge in [-0.1, -0.05) is 11.6 Å². The summed E-state index contributed by atoms with van der Waals surface area (Å²) in [6, 6.07) is 5.97. The minimum atomic E-state index is -0.990. The summed E-state index contributed by atoms with van der Waals surface area (Å²) < 4.78 is 14.5. The van der Waals surface area contributed by atoms with Crippen molar-refractivity contribution in [3.8, 4) is 0 Å². The second-order valence-corrected chi connectivity index (χ2v) is 6.70. The van der Waals surface area contributed by atoms with Gasteiger partial charge in [-0.2, -0.15) is 0 Å². The molecule has 0 saturated carbocycles. The fourth-order valence-electron chi connectivity index (χ4n) is 1.62. The van der Waals surface area contributed by atoms with Gasteiger partial charge in [0.15, 0.2) is 0 Å². The Labute approximate surface area is 116 Å². The topological polar surface area (TPSA) is 20.2 Å². The Kier molecular flexibility index (Phi) is 3.88. The van der Waals surface area contributed by atoms with Crippen molar-refractivity contribution in [1.82, 2.24) is 0 Å². The fraction of sp³-hybridized carbons (Fsp3) is 0.167. The molecule has 90 valence electrons. The predicted molar refractivity (Wildman–Crippen MR) is 72.2 cm³/mol. The van der Waals surface area contributed by atoms with Crippen LogP contribution in [0.3, 0.4) is 0 Å². The van der Waals surface area contributed by atoms with Gasteiger partial charge in [0.2, 0.25) is 0 Å². The van der Waals surface area contributed by atoms with Crippen molar-refractivity contribution >= 4 is 38.9 Å². The first kappa shape index (κ1) is 13.0. The van der Waals surface area contributed by atoms with Crippen molar-refractivity contribution in [2.24, 2.45) is 0 Å². The van der Waals surface area contributed by atoms with Crippen molar-refractivity contribution in [2.45, 2.75) is 13.0 Å². The number of aliphatic hydroxyl groups is 1. The molecule has 17 heavy (non-hydrogen) atoms. The van der Waals surface area contributed by atoms with E-state index in [1.165, 1.54) is 29.5 Å². The SMILES string of the molecule is Cc1sc(Br)cc1C(O)c1cc(Cl)ccc1F. The Morgan fingerprint density at radius 1 is 1.35 bits per heavy atom. The molecule has 2 aromatic rings. The van der Waals surface area contributed by atoms with E-state index in [2.05, 4.69) is 15.9 Å². The van der Waals surface area contributed by atoms with E-state index in [0.717, 1.165) is 8.66 Å². The molecule has 0 radical (unpaired) electrons. The first-order valence-electron chi connectivity index (χ1n) is 4.88. The van der Waals surface area contributed by atoms with Crippen molar-refractivity contribution < 1.29 is 9.50 Å². The first-order chi connectivity index (χ1) is 7.99. The lowest BCUT2D eigenvalue weighted by Gasteiger charge is -2.12. The van der Waals surface area contributed by atoms with Crippen LogP contribution in [0, 0.1) is 12.7 Å². The third kappa shape index (κ3) is 2.71. The van der Waals surface area contributed by atoms with E-state index in [9.17, 15) is 9.50 Å². The van der Waals surface area contributed by atoms with Gasteiger partial charge in [0.25, 0.3) is 0 Å². The number of benzene rings is 1. The van der Waals surface area contributed by atoms with Crippen LogP contribution in [-0.4, -0.2) is 5.11 Å². The summed E-state index contributed by atoms with van der Waals surface area (Å²) in [5.74, 6) is -0.455. The number of halogens is 3. The van der Waals surface area contributed by atoms with E-state index in [4.69, 9.17) is 11.6 Å². The molecule has 5 heteroatoms. The Hall–Kier alpha value is -0.420. The highest BCUT2D eigenvalue weighted by Gasteiger charge is 2.19. The molecule has 0 aliphatic rings. The van der Waals surface area contributed by atoms with Crippen LogP contribution in [0.2, 0.25) is 5.02 Å². The molecule has 2 rings (SSSR count). The number of aliphatic hydroxyl groups excluding tert-OH is 1. The normalized spacial score (nSPS) is 12.8. The van der Waals surface area contributed by atoms with E-state index >= 15 is 0 Å². The molecule has 0 aliphatic heterocycles. The minimum Gasteiger partial charge on any atom is -0.384 e. The average Bonchev–Trinajstić information content (AvgIpc) is 2.60. The molecule has 0 amide bonds. The molecule has 1 aromatic heterocycles.